The van der Waals surface area contributed by atoms with Crippen molar-refractivity contribution in [2.45, 2.75) is 32.2 Å². The number of carbonyl (C=O) groups is 1. The van der Waals surface area contributed by atoms with Crippen molar-refractivity contribution in [3.63, 3.8) is 0 Å². The molecule has 144 valence electrons. The highest BCUT2D eigenvalue weighted by Gasteiger charge is 2.25. The molecule has 3 rings (SSSR count). The van der Waals surface area contributed by atoms with Gasteiger partial charge in [-0.25, -0.2) is 4.39 Å². The lowest BCUT2D eigenvalue weighted by atomic mass is 9.95. The van der Waals surface area contributed by atoms with E-state index in [4.69, 9.17) is 11.6 Å². The number of carbonyl (C=O) groups excluding carboxylic acids is 1. The Morgan fingerprint density at radius 1 is 1.11 bits per heavy atom. The molecule has 0 aliphatic carbocycles. The summed E-state index contributed by atoms with van der Waals surface area (Å²) in [6.07, 6.45) is 3.51. The summed E-state index contributed by atoms with van der Waals surface area (Å²) in [6.45, 7) is 2.97. The third kappa shape index (κ3) is 6.05. The maximum Gasteiger partial charge on any atom is 0.223 e. The van der Waals surface area contributed by atoms with Crippen molar-refractivity contribution in [1.29, 1.82) is 0 Å². The number of hydrogen-bond acceptors (Lipinski definition) is 2. The first-order valence-corrected chi connectivity index (χ1v) is 9.97. The second-order valence-electron chi connectivity index (χ2n) is 7.16. The quantitative estimate of drug-likeness (QED) is 0.711. The van der Waals surface area contributed by atoms with Gasteiger partial charge in [-0.15, -0.1) is 0 Å². The van der Waals surface area contributed by atoms with E-state index in [0.717, 1.165) is 49.4 Å². The third-order valence-electron chi connectivity index (χ3n) is 5.16. The number of likely N-dealkylation sites (tertiary alicyclic amines) is 1. The molecule has 0 unspecified atom stereocenters. The molecular formula is C22H26ClFN2O. The number of nitrogens with one attached hydrogen (secondary N) is 1. The Morgan fingerprint density at radius 3 is 2.52 bits per heavy atom. The van der Waals surface area contributed by atoms with Gasteiger partial charge in [0.25, 0.3) is 0 Å². The Labute approximate surface area is 165 Å². The lowest BCUT2D eigenvalue weighted by molar-refractivity contribution is -0.126. The van der Waals surface area contributed by atoms with Crippen molar-refractivity contribution in [3.05, 3.63) is 70.5 Å². The first-order chi connectivity index (χ1) is 13.1. The summed E-state index contributed by atoms with van der Waals surface area (Å²) in [7, 11) is 0. The van der Waals surface area contributed by atoms with Gasteiger partial charge in [0, 0.05) is 29.6 Å². The van der Waals surface area contributed by atoms with Crippen molar-refractivity contribution in [2.75, 3.05) is 19.6 Å². The van der Waals surface area contributed by atoms with Crippen LogP contribution in [0.3, 0.4) is 0 Å². The topological polar surface area (TPSA) is 32.3 Å². The second-order valence-corrected chi connectivity index (χ2v) is 7.60. The number of benzene rings is 2. The van der Waals surface area contributed by atoms with E-state index in [9.17, 15) is 9.18 Å². The van der Waals surface area contributed by atoms with Gasteiger partial charge in [-0.1, -0.05) is 41.9 Å². The van der Waals surface area contributed by atoms with Gasteiger partial charge < -0.3 is 5.32 Å². The molecule has 0 radical (unpaired) electrons. The number of hydrogen-bond donors (Lipinski definition) is 1. The monoisotopic (exact) mass is 388 g/mol. The van der Waals surface area contributed by atoms with E-state index in [1.54, 1.807) is 6.07 Å². The van der Waals surface area contributed by atoms with Gasteiger partial charge >= 0.3 is 0 Å². The summed E-state index contributed by atoms with van der Waals surface area (Å²) in [4.78, 5) is 14.6. The van der Waals surface area contributed by atoms with Crippen LogP contribution in [-0.2, 0) is 17.8 Å². The molecule has 1 amide bonds. The Hall–Kier alpha value is -1.91. The molecule has 27 heavy (non-hydrogen) atoms. The van der Waals surface area contributed by atoms with Crippen LogP contribution < -0.4 is 5.32 Å². The smallest absolute Gasteiger partial charge is 0.223 e. The molecule has 3 nitrogen and oxygen atoms in total. The normalized spacial score (nSPS) is 15.6. The lowest BCUT2D eigenvalue weighted by Crippen LogP contribution is -2.40. The number of nitrogens with zero attached hydrogens (tertiary/aromatic N) is 1. The maximum absolute atomic E-state index is 13.8. The summed E-state index contributed by atoms with van der Waals surface area (Å²) in [5.41, 5.74) is 1.96. The van der Waals surface area contributed by atoms with Gasteiger partial charge in [-0.3, -0.25) is 9.69 Å². The van der Waals surface area contributed by atoms with E-state index in [1.165, 1.54) is 11.6 Å². The van der Waals surface area contributed by atoms with Crippen LogP contribution >= 0.6 is 11.6 Å². The van der Waals surface area contributed by atoms with Crippen molar-refractivity contribution in [3.8, 4) is 0 Å². The highest BCUT2D eigenvalue weighted by Crippen LogP contribution is 2.20. The fourth-order valence-electron chi connectivity index (χ4n) is 3.52. The molecule has 1 fully saturated rings. The van der Waals surface area contributed by atoms with Crippen LogP contribution in [0.5, 0.6) is 0 Å². The number of piperidine rings is 1. The average Bonchev–Trinajstić information content (AvgIpc) is 2.69. The average molecular weight is 389 g/mol. The third-order valence-corrected chi connectivity index (χ3v) is 5.42. The minimum atomic E-state index is -0.155. The van der Waals surface area contributed by atoms with E-state index in [-0.39, 0.29) is 17.6 Å². The van der Waals surface area contributed by atoms with Gasteiger partial charge in [0.1, 0.15) is 5.82 Å². The Morgan fingerprint density at radius 2 is 1.81 bits per heavy atom. The van der Waals surface area contributed by atoms with E-state index < -0.39 is 0 Å². The van der Waals surface area contributed by atoms with Crippen molar-refractivity contribution in [2.24, 2.45) is 5.92 Å². The summed E-state index contributed by atoms with van der Waals surface area (Å²) in [5.74, 6) is 0.0621. The molecule has 1 aliphatic heterocycles. The van der Waals surface area contributed by atoms with Crippen molar-refractivity contribution >= 4 is 17.5 Å². The molecule has 2 aromatic rings. The highest BCUT2D eigenvalue weighted by molar-refractivity contribution is 6.30. The fraction of sp³-hybridized carbons (Fsp3) is 0.409. The molecule has 1 aliphatic rings. The SMILES string of the molecule is O=C(NCCCc1ccc(Cl)cc1)C1CCN(Cc2ccccc2F)CC1. The molecule has 5 heteroatoms. The zero-order valence-electron chi connectivity index (χ0n) is 15.5. The predicted octanol–water partition coefficient (Wildman–Crippen LogP) is 4.44. The predicted molar refractivity (Wildman–Crippen MR) is 107 cm³/mol. The van der Waals surface area contributed by atoms with Crippen molar-refractivity contribution in [1.82, 2.24) is 10.2 Å². The number of rotatable bonds is 7. The van der Waals surface area contributed by atoms with Crippen LogP contribution in [-0.4, -0.2) is 30.4 Å². The molecule has 0 aromatic heterocycles. The van der Waals surface area contributed by atoms with Gasteiger partial charge in [0.05, 0.1) is 0 Å². The molecule has 1 saturated heterocycles. The van der Waals surface area contributed by atoms with Crippen LogP contribution in [0.15, 0.2) is 48.5 Å². The van der Waals surface area contributed by atoms with Crippen LogP contribution in [0.25, 0.3) is 0 Å². The van der Waals surface area contributed by atoms with Gasteiger partial charge in [0.2, 0.25) is 5.91 Å². The van der Waals surface area contributed by atoms with Crippen LogP contribution in [0.2, 0.25) is 5.02 Å². The van der Waals surface area contributed by atoms with Gasteiger partial charge in [-0.2, -0.15) is 0 Å². The van der Waals surface area contributed by atoms with E-state index in [0.29, 0.717) is 13.1 Å². The zero-order chi connectivity index (χ0) is 19.1. The zero-order valence-corrected chi connectivity index (χ0v) is 16.2. The molecule has 0 spiro atoms. The standard InChI is InChI=1S/C22H26ClFN2O/c23-20-9-7-17(8-10-20)4-3-13-25-22(27)18-11-14-26(15-12-18)16-19-5-1-2-6-21(19)24/h1-2,5-10,18H,3-4,11-16H2,(H,25,27). The summed E-state index contributed by atoms with van der Waals surface area (Å²) in [5, 5.41) is 3.81. The Kier molecular flexibility index (Phi) is 7.25. The summed E-state index contributed by atoms with van der Waals surface area (Å²) < 4.78 is 13.8. The summed E-state index contributed by atoms with van der Waals surface area (Å²) in [6, 6.07) is 14.7. The van der Waals surface area contributed by atoms with Crippen LogP contribution in [0.1, 0.15) is 30.4 Å². The molecule has 0 atom stereocenters. The second kappa shape index (κ2) is 9.86. The molecule has 0 saturated carbocycles. The van der Waals surface area contributed by atoms with Crippen LogP contribution in [0, 0.1) is 11.7 Å². The van der Waals surface area contributed by atoms with E-state index >= 15 is 0 Å². The first kappa shape index (κ1) is 19.8. The molecule has 1 heterocycles. The van der Waals surface area contributed by atoms with E-state index in [1.807, 2.05) is 36.4 Å². The maximum atomic E-state index is 13.8. The molecule has 0 bridgehead atoms. The lowest BCUT2D eigenvalue weighted by Gasteiger charge is -2.31. The van der Waals surface area contributed by atoms with E-state index in [2.05, 4.69) is 10.2 Å². The Bertz CT molecular complexity index is 742. The number of amides is 1. The summed E-state index contributed by atoms with van der Waals surface area (Å²) >= 11 is 5.88. The van der Waals surface area contributed by atoms with Gasteiger partial charge in [0.15, 0.2) is 0 Å². The minimum Gasteiger partial charge on any atom is -0.356 e. The molecule has 1 N–H and O–H groups in total. The van der Waals surface area contributed by atoms with Crippen molar-refractivity contribution < 1.29 is 9.18 Å². The molecule has 2 aromatic carbocycles. The molecular weight excluding hydrogens is 363 g/mol. The van der Waals surface area contributed by atoms with Crippen LogP contribution in [0.4, 0.5) is 4.39 Å². The largest absolute Gasteiger partial charge is 0.356 e. The highest BCUT2D eigenvalue weighted by atomic mass is 35.5. The minimum absolute atomic E-state index is 0.0670. The van der Waals surface area contributed by atoms with Gasteiger partial charge in [-0.05, 0) is 62.5 Å². The first-order valence-electron chi connectivity index (χ1n) is 9.60. The fourth-order valence-corrected chi connectivity index (χ4v) is 3.65. The number of aryl methyl sites for hydroxylation is 1. The number of halogens is 2. The Balaban J connectivity index is 1.34.